The van der Waals surface area contributed by atoms with Crippen LogP contribution >= 0.6 is 0 Å². The Labute approximate surface area is 114 Å². The molecule has 1 aromatic carbocycles. The third-order valence-electron chi connectivity index (χ3n) is 3.61. The molecule has 2 rings (SSSR count). The summed E-state index contributed by atoms with van der Waals surface area (Å²) < 4.78 is 10.8. The third kappa shape index (κ3) is 3.14. The lowest BCUT2D eigenvalue weighted by molar-refractivity contribution is 0.0675. The van der Waals surface area contributed by atoms with Gasteiger partial charge in [0.2, 0.25) is 0 Å². The lowest BCUT2D eigenvalue weighted by Crippen LogP contribution is -2.42. The van der Waals surface area contributed by atoms with Gasteiger partial charge < -0.3 is 14.8 Å². The number of aryl methyl sites for hydroxylation is 1. The number of Topliss-reactive ketones (excluding diaryl/α,β-unsaturated/α-hetero) is 1. The van der Waals surface area contributed by atoms with E-state index in [4.69, 9.17) is 9.47 Å². The zero-order valence-corrected chi connectivity index (χ0v) is 11.8. The molecule has 1 aromatic rings. The van der Waals surface area contributed by atoms with Crippen molar-refractivity contribution in [1.82, 2.24) is 5.32 Å². The van der Waals surface area contributed by atoms with E-state index in [0.717, 1.165) is 24.3 Å². The molecule has 0 saturated carbocycles. The minimum atomic E-state index is 0.1000. The van der Waals surface area contributed by atoms with Crippen LogP contribution in [0, 0.1) is 13.8 Å². The predicted molar refractivity (Wildman–Crippen MR) is 74.0 cm³/mol. The van der Waals surface area contributed by atoms with Crippen molar-refractivity contribution in [3.05, 3.63) is 28.8 Å². The van der Waals surface area contributed by atoms with Gasteiger partial charge in [0.25, 0.3) is 0 Å². The molecule has 19 heavy (non-hydrogen) atoms. The SMILES string of the molecule is COc1c(C(=O)CC2COCCN2)ccc(C)c1C. The Balaban J connectivity index is 2.16. The Morgan fingerprint density at radius 2 is 2.26 bits per heavy atom. The number of hydrogen-bond donors (Lipinski definition) is 1. The number of carbonyl (C=O) groups excluding carboxylic acids is 1. The number of rotatable bonds is 4. The van der Waals surface area contributed by atoms with E-state index in [1.807, 2.05) is 26.0 Å². The average Bonchev–Trinajstić information content (AvgIpc) is 2.42. The summed E-state index contributed by atoms with van der Waals surface area (Å²) in [7, 11) is 1.61. The fraction of sp³-hybridized carbons (Fsp3) is 0.533. The second-order valence-corrected chi connectivity index (χ2v) is 4.94. The van der Waals surface area contributed by atoms with Crippen LogP contribution in [0.2, 0.25) is 0 Å². The standard InChI is InChI=1S/C15H21NO3/c1-10-4-5-13(15(18-3)11(10)2)14(17)8-12-9-19-7-6-16-12/h4-5,12,16H,6-9H2,1-3H3. The van der Waals surface area contributed by atoms with Crippen LogP contribution in [0.1, 0.15) is 27.9 Å². The molecular formula is C15H21NO3. The van der Waals surface area contributed by atoms with Crippen molar-refractivity contribution in [1.29, 1.82) is 0 Å². The van der Waals surface area contributed by atoms with Gasteiger partial charge in [0, 0.05) is 19.0 Å². The fourth-order valence-corrected chi connectivity index (χ4v) is 2.36. The van der Waals surface area contributed by atoms with Gasteiger partial charge in [-0.15, -0.1) is 0 Å². The van der Waals surface area contributed by atoms with E-state index in [2.05, 4.69) is 5.32 Å². The van der Waals surface area contributed by atoms with E-state index >= 15 is 0 Å². The van der Waals surface area contributed by atoms with Crippen LogP contribution in [0.25, 0.3) is 0 Å². The molecule has 0 aromatic heterocycles. The molecule has 1 aliphatic rings. The first kappa shape index (κ1) is 14.0. The molecule has 4 heteroatoms. The molecule has 1 saturated heterocycles. The zero-order valence-electron chi connectivity index (χ0n) is 11.8. The monoisotopic (exact) mass is 263 g/mol. The summed E-state index contributed by atoms with van der Waals surface area (Å²) in [6.07, 6.45) is 0.443. The molecule has 0 spiro atoms. The van der Waals surface area contributed by atoms with Crippen LogP contribution in [0.3, 0.4) is 0 Å². The number of hydrogen-bond acceptors (Lipinski definition) is 4. The number of carbonyl (C=O) groups is 1. The Morgan fingerprint density at radius 3 is 2.89 bits per heavy atom. The number of morpholine rings is 1. The van der Waals surface area contributed by atoms with Gasteiger partial charge in [-0.05, 0) is 31.0 Å². The summed E-state index contributed by atoms with van der Waals surface area (Å²) >= 11 is 0. The highest BCUT2D eigenvalue weighted by Gasteiger charge is 2.21. The summed E-state index contributed by atoms with van der Waals surface area (Å²) in [5.74, 6) is 0.796. The minimum Gasteiger partial charge on any atom is -0.496 e. The highest BCUT2D eigenvalue weighted by molar-refractivity contribution is 5.99. The minimum absolute atomic E-state index is 0.1000. The van der Waals surface area contributed by atoms with Crippen molar-refractivity contribution in [3.63, 3.8) is 0 Å². The summed E-state index contributed by atoms with van der Waals surface area (Å²) in [5.41, 5.74) is 2.83. The molecule has 1 fully saturated rings. The Hall–Kier alpha value is -1.39. The number of methoxy groups -OCH3 is 1. The Morgan fingerprint density at radius 1 is 1.47 bits per heavy atom. The van der Waals surface area contributed by atoms with Crippen molar-refractivity contribution >= 4 is 5.78 Å². The molecule has 0 bridgehead atoms. The summed E-state index contributed by atoms with van der Waals surface area (Å²) in [5, 5.41) is 3.30. The van der Waals surface area contributed by atoms with Gasteiger partial charge in [0.15, 0.2) is 5.78 Å². The van der Waals surface area contributed by atoms with Crippen LogP contribution in [0.5, 0.6) is 5.75 Å². The maximum atomic E-state index is 12.4. The molecule has 0 amide bonds. The lowest BCUT2D eigenvalue weighted by atomic mass is 9.98. The van der Waals surface area contributed by atoms with Crippen molar-refractivity contribution in [3.8, 4) is 5.75 Å². The molecule has 1 atom stereocenters. The molecular weight excluding hydrogens is 242 g/mol. The maximum absolute atomic E-state index is 12.4. The van der Waals surface area contributed by atoms with Crippen LogP contribution in [0.4, 0.5) is 0 Å². The first-order valence-electron chi connectivity index (χ1n) is 6.62. The van der Waals surface area contributed by atoms with Gasteiger partial charge >= 0.3 is 0 Å². The Kier molecular flexibility index (Phi) is 4.56. The third-order valence-corrected chi connectivity index (χ3v) is 3.61. The fourth-order valence-electron chi connectivity index (χ4n) is 2.36. The summed E-state index contributed by atoms with van der Waals surface area (Å²) in [6, 6.07) is 3.93. The molecule has 1 heterocycles. The summed E-state index contributed by atoms with van der Waals surface area (Å²) in [4.78, 5) is 12.4. The van der Waals surface area contributed by atoms with Gasteiger partial charge in [-0.1, -0.05) is 6.07 Å². The first-order valence-corrected chi connectivity index (χ1v) is 6.62. The van der Waals surface area contributed by atoms with E-state index in [9.17, 15) is 4.79 Å². The molecule has 1 aliphatic heterocycles. The maximum Gasteiger partial charge on any atom is 0.168 e. The van der Waals surface area contributed by atoms with E-state index in [1.54, 1.807) is 7.11 Å². The summed E-state index contributed by atoms with van der Waals surface area (Å²) in [6.45, 7) is 6.12. The van der Waals surface area contributed by atoms with E-state index < -0.39 is 0 Å². The highest BCUT2D eigenvalue weighted by atomic mass is 16.5. The molecule has 4 nitrogen and oxygen atoms in total. The second-order valence-electron chi connectivity index (χ2n) is 4.94. The average molecular weight is 263 g/mol. The largest absolute Gasteiger partial charge is 0.496 e. The molecule has 0 radical (unpaired) electrons. The van der Waals surface area contributed by atoms with Gasteiger partial charge in [-0.2, -0.15) is 0 Å². The molecule has 1 N–H and O–H groups in total. The lowest BCUT2D eigenvalue weighted by Gasteiger charge is -2.23. The highest BCUT2D eigenvalue weighted by Crippen LogP contribution is 2.27. The van der Waals surface area contributed by atoms with Gasteiger partial charge in [0.1, 0.15) is 5.75 Å². The number of benzene rings is 1. The topological polar surface area (TPSA) is 47.6 Å². The van der Waals surface area contributed by atoms with E-state index in [1.165, 1.54) is 0 Å². The molecule has 0 aliphatic carbocycles. The van der Waals surface area contributed by atoms with Crippen LogP contribution in [-0.4, -0.2) is 38.7 Å². The quantitative estimate of drug-likeness (QED) is 0.843. The number of nitrogens with one attached hydrogen (secondary N) is 1. The number of ether oxygens (including phenoxy) is 2. The van der Waals surface area contributed by atoms with E-state index in [-0.39, 0.29) is 11.8 Å². The van der Waals surface area contributed by atoms with Crippen LogP contribution in [-0.2, 0) is 4.74 Å². The van der Waals surface area contributed by atoms with Gasteiger partial charge in [-0.3, -0.25) is 4.79 Å². The van der Waals surface area contributed by atoms with Crippen molar-refractivity contribution in [2.45, 2.75) is 26.3 Å². The van der Waals surface area contributed by atoms with Crippen LogP contribution in [0.15, 0.2) is 12.1 Å². The van der Waals surface area contributed by atoms with Crippen molar-refractivity contribution in [2.75, 3.05) is 26.9 Å². The Bertz CT molecular complexity index is 465. The molecule has 1 unspecified atom stereocenters. The predicted octanol–water partition coefficient (Wildman–Crippen LogP) is 1.87. The molecule has 104 valence electrons. The zero-order chi connectivity index (χ0) is 13.8. The number of ketones is 1. The first-order chi connectivity index (χ1) is 9.13. The second kappa shape index (κ2) is 6.17. The van der Waals surface area contributed by atoms with Gasteiger partial charge in [0.05, 0.1) is 25.9 Å². The van der Waals surface area contributed by atoms with Gasteiger partial charge in [-0.25, -0.2) is 0 Å². The smallest absolute Gasteiger partial charge is 0.168 e. The van der Waals surface area contributed by atoms with Crippen molar-refractivity contribution < 1.29 is 14.3 Å². The normalized spacial score (nSPS) is 19.2. The van der Waals surface area contributed by atoms with Crippen molar-refractivity contribution in [2.24, 2.45) is 0 Å². The van der Waals surface area contributed by atoms with Crippen LogP contribution < -0.4 is 10.1 Å². The van der Waals surface area contributed by atoms with E-state index in [0.29, 0.717) is 24.3 Å².